The van der Waals surface area contributed by atoms with Crippen LogP contribution in [0.4, 0.5) is 5.69 Å². The molecule has 3 aromatic rings. The number of nitrogens with two attached hydrogens (primary N) is 1. The van der Waals surface area contributed by atoms with Gasteiger partial charge >= 0.3 is 0 Å². The number of aryl methyl sites for hydroxylation is 3. The molecular weight excluding hydrogens is 388 g/mol. The highest BCUT2D eigenvalue weighted by molar-refractivity contribution is 5.97. The Morgan fingerprint density at radius 2 is 1.79 bits per heavy atom. The summed E-state index contributed by atoms with van der Waals surface area (Å²) in [5.74, 6) is 1.03. The van der Waals surface area contributed by atoms with Crippen LogP contribution in [-0.2, 0) is 11.3 Å². The van der Waals surface area contributed by atoms with Gasteiger partial charge in [-0.1, -0.05) is 47.1 Å². The van der Waals surface area contributed by atoms with E-state index in [1.165, 1.54) is 5.56 Å². The minimum absolute atomic E-state index is 0. The number of benzene rings is 2. The van der Waals surface area contributed by atoms with Crippen LogP contribution < -0.4 is 10.6 Å². The average Bonchev–Trinajstić information content (AvgIpc) is 3.29. The Balaban J connectivity index is 0.00000240. The third kappa shape index (κ3) is 4.04. The zero-order valence-electron chi connectivity index (χ0n) is 16.8. The van der Waals surface area contributed by atoms with Crippen molar-refractivity contribution in [1.82, 2.24) is 10.1 Å². The first-order chi connectivity index (χ1) is 13.5. The molecule has 152 valence electrons. The number of carbonyl (C=O) groups excluding carboxylic acids is 1. The standard InChI is InChI=1S/C22H24N4O2.ClH/c1-13-8-14(2)20(15(3)9-13)26-12-18(10-19(26)27)22-24-21(25-28-22)17-6-4-16(11-23)5-7-17;/h4-9,18H,10-12,23H2,1-3H3;1H. The van der Waals surface area contributed by atoms with Gasteiger partial charge < -0.3 is 15.2 Å². The van der Waals surface area contributed by atoms with Gasteiger partial charge in [0.15, 0.2) is 0 Å². The quantitative estimate of drug-likeness (QED) is 0.698. The zero-order valence-corrected chi connectivity index (χ0v) is 17.6. The Hall–Kier alpha value is -2.70. The van der Waals surface area contributed by atoms with Gasteiger partial charge in [-0.25, -0.2) is 0 Å². The number of anilines is 1. The Bertz CT molecular complexity index is 1010. The molecular formula is C22H25ClN4O2. The van der Waals surface area contributed by atoms with Crippen molar-refractivity contribution in [3.05, 3.63) is 64.5 Å². The van der Waals surface area contributed by atoms with Crippen molar-refractivity contribution in [3.63, 3.8) is 0 Å². The van der Waals surface area contributed by atoms with Gasteiger partial charge in [-0.2, -0.15) is 4.98 Å². The van der Waals surface area contributed by atoms with Crippen molar-refractivity contribution >= 4 is 24.0 Å². The minimum atomic E-state index is -0.0998. The van der Waals surface area contributed by atoms with E-state index in [9.17, 15) is 4.79 Å². The number of aromatic nitrogens is 2. The van der Waals surface area contributed by atoms with Gasteiger partial charge in [0.05, 0.1) is 5.92 Å². The molecule has 2 heterocycles. The first-order valence-corrected chi connectivity index (χ1v) is 9.47. The predicted octanol–water partition coefficient (Wildman–Crippen LogP) is 4.06. The number of hydrogen-bond donors (Lipinski definition) is 1. The van der Waals surface area contributed by atoms with Crippen LogP contribution in [0.25, 0.3) is 11.4 Å². The monoisotopic (exact) mass is 412 g/mol. The molecule has 1 saturated heterocycles. The van der Waals surface area contributed by atoms with Crippen molar-refractivity contribution in [2.75, 3.05) is 11.4 Å². The highest BCUT2D eigenvalue weighted by Crippen LogP contribution is 2.35. The summed E-state index contributed by atoms with van der Waals surface area (Å²) in [5, 5.41) is 4.11. The highest BCUT2D eigenvalue weighted by atomic mass is 35.5. The second kappa shape index (κ2) is 8.35. The van der Waals surface area contributed by atoms with E-state index in [4.69, 9.17) is 10.3 Å². The maximum absolute atomic E-state index is 12.7. The lowest BCUT2D eigenvalue weighted by atomic mass is 10.0. The molecule has 4 rings (SSSR count). The topological polar surface area (TPSA) is 85.2 Å². The molecule has 6 nitrogen and oxygen atoms in total. The minimum Gasteiger partial charge on any atom is -0.339 e. The summed E-state index contributed by atoms with van der Waals surface area (Å²) in [7, 11) is 0. The van der Waals surface area contributed by atoms with E-state index in [-0.39, 0.29) is 24.2 Å². The van der Waals surface area contributed by atoms with Crippen molar-refractivity contribution in [2.24, 2.45) is 5.73 Å². The van der Waals surface area contributed by atoms with E-state index in [0.29, 0.717) is 31.2 Å². The lowest BCUT2D eigenvalue weighted by Crippen LogP contribution is -2.26. The molecule has 0 aliphatic carbocycles. The first kappa shape index (κ1) is 21.0. The summed E-state index contributed by atoms with van der Waals surface area (Å²) in [4.78, 5) is 19.1. The highest BCUT2D eigenvalue weighted by Gasteiger charge is 2.36. The number of nitrogens with zero attached hydrogens (tertiary/aromatic N) is 3. The Morgan fingerprint density at radius 1 is 1.14 bits per heavy atom. The Kier molecular flexibility index (Phi) is 6.05. The largest absolute Gasteiger partial charge is 0.339 e. The van der Waals surface area contributed by atoms with E-state index < -0.39 is 0 Å². The van der Waals surface area contributed by atoms with E-state index in [0.717, 1.165) is 27.9 Å². The maximum atomic E-state index is 12.7. The van der Waals surface area contributed by atoms with E-state index in [2.05, 4.69) is 29.2 Å². The van der Waals surface area contributed by atoms with Crippen LogP contribution in [0.5, 0.6) is 0 Å². The van der Waals surface area contributed by atoms with Gasteiger partial charge in [0.25, 0.3) is 0 Å². The summed E-state index contributed by atoms with van der Waals surface area (Å²) < 4.78 is 5.51. The normalized spacial score (nSPS) is 16.2. The summed E-state index contributed by atoms with van der Waals surface area (Å²) in [6.45, 7) is 7.21. The summed E-state index contributed by atoms with van der Waals surface area (Å²) in [6.07, 6.45) is 0.375. The number of carbonyl (C=O) groups is 1. The van der Waals surface area contributed by atoms with Crippen LogP contribution in [0.1, 0.15) is 40.5 Å². The molecule has 1 amide bonds. The number of hydrogen-bond acceptors (Lipinski definition) is 5. The van der Waals surface area contributed by atoms with E-state index >= 15 is 0 Å². The van der Waals surface area contributed by atoms with Gasteiger partial charge in [0.2, 0.25) is 17.6 Å². The molecule has 0 saturated carbocycles. The molecule has 1 aliphatic heterocycles. The van der Waals surface area contributed by atoms with Crippen molar-refractivity contribution in [2.45, 2.75) is 39.7 Å². The van der Waals surface area contributed by atoms with Crippen LogP contribution in [0, 0.1) is 20.8 Å². The van der Waals surface area contributed by atoms with Gasteiger partial charge in [-0.05, 0) is 37.5 Å². The third-order valence-corrected chi connectivity index (χ3v) is 5.27. The summed E-state index contributed by atoms with van der Waals surface area (Å²) >= 11 is 0. The third-order valence-electron chi connectivity index (χ3n) is 5.27. The van der Waals surface area contributed by atoms with Crippen LogP contribution in [0.3, 0.4) is 0 Å². The van der Waals surface area contributed by atoms with E-state index in [1.54, 1.807) is 0 Å². The molecule has 0 radical (unpaired) electrons. The van der Waals surface area contributed by atoms with Crippen molar-refractivity contribution < 1.29 is 9.32 Å². The number of rotatable bonds is 4. The Labute approximate surface area is 176 Å². The average molecular weight is 413 g/mol. The molecule has 7 heteroatoms. The summed E-state index contributed by atoms with van der Waals surface area (Å²) in [5.41, 5.74) is 12.0. The molecule has 1 fully saturated rings. The molecule has 1 unspecified atom stereocenters. The van der Waals surface area contributed by atoms with Crippen molar-refractivity contribution in [1.29, 1.82) is 0 Å². The molecule has 0 bridgehead atoms. The lowest BCUT2D eigenvalue weighted by molar-refractivity contribution is -0.117. The first-order valence-electron chi connectivity index (χ1n) is 9.47. The second-order valence-corrected chi connectivity index (χ2v) is 7.51. The van der Waals surface area contributed by atoms with Gasteiger partial charge in [-0.3, -0.25) is 4.79 Å². The van der Waals surface area contributed by atoms with Crippen molar-refractivity contribution in [3.8, 4) is 11.4 Å². The zero-order chi connectivity index (χ0) is 19.8. The molecule has 2 N–H and O–H groups in total. The fourth-order valence-electron chi connectivity index (χ4n) is 4.00. The smallest absolute Gasteiger partial charge is 0.232 e. The molecule has 1 aromatic heterocycles. The predicted molar refractivity (Wildman–Crippen MR) is 115 cm³/mol. The Morgan fingerprint density at radius 3 is 2.41 bits per heavy atom. The lowest BCUT2D eigenvalue weighted by Gasteiger charge is -2.21. The van der Waals surface area contributed by atoms with Crippen LogP contribution >= 0.6 is 12.4 Å². The molecule has 0 spiro atoms. The number of halogens is 1. The van der Waals surface area contributed by atoms with Gasteiger partial charge in [0, 0.05) is 30.8 Å². The summed E-state index contributed by atoms with van der Waals surface area (Å²) in [6, 6.07) is 12.0. The fourth-order valence-corrected chi connectivity index (χ4v) is 4.00. The van der Waals surface area contributed by atoms with Crippen LogP contribution in [0.15, 0.2) is 40.9 Å². The van der Waals surface area contributed by atoms with Crippen LogP contribution in [-0.4, -0.2) is 22.6 Å². The van der Waals surface area contributed by atoms with Gasteiger partial charge in [0.1, 0.15) is 0 Å². The molecule has 1 aliphatic rings. The fraction of sp³-hybridized carbons (Fsp3) is 0.318. The maximum Gasteiger partial charge on any atom is 0.232 e. The SMILES string of the molecule is Cc1cc(C)c(N2CC(c3nc(-c4ccc(CN)cc4)no3)CC2=O)c(C)c1.Cl. The number of amides is 1. The van der Waals surface area contributed by atoms with E-state index in [1.807, 2.05) is 43.0 Å². The van der Waals surface area contributed by atoms with Crippen LogP contribution in [0.2, 0.25) is 0 Å². The molecule has 2 aromatic carbocycles. The van der Waals surface area contributed by atoms with Gasteiger partial charge in [-0.15, -0.1) is 12.4 Å². The molecule has 29 heavy (non-hydrogen) atoms. The molecule has 1 atom stereocenters. The second-order valence-electron chi connectivity index (χ2n) is 7.51.